The van der Waals surface area contributed by atoms with Gasteiger partial charge in [-0.15, -0.1) is 0 Å². The molecule has 20 heavy (non-hydrogen) atoms. The molecule has 0 saturated carbocycles. The van der Waals surface area contributed by atoms with E-state index in [2.05, 4.69) is 10.2 Å². The van der Waals surface area contributed by atoms with Crippen LogP contribution in [0.5, 0.6) is 11.5 Å². The van der Waals surface area contributed by atoms with Gasteiger partial charge in [0.15, 0.2) is 11.5 Å². The van der Waals surface area contributed by atoms with Crippen LogP contribution in [-0.2, 0) is 4.74 Å². The van der Waals surface area contributed by atoms with E-state index in [4.69, 9.17) is 15.3 Å². The molecule has 0 amide bonds. The fourth-order valence-corrected chi connectivity index (χ4v) is 1.81. The van der Waals surface area contributed by atoms with E-state index >= 15 is 0 Å². The zero-order chi connectivity index (χ0) is 14.6. The van der Waals surface area contributed by atoms with Crippen LogP contribution >= 0.6 is 0 Å². The summed E-state index contributed by atoms with van der Waals surface area (Å²) in [5.74, 6) is 6.50. The number of ether oxygens (including phenoxy) is 3. The maximum absolute atomic E-state index is 12.0. The molecule has 2 rings (SSSR count). The maximum atomic E-state index is 12.0. The first kappa shape index (κ1) is 14.9. The van der Waals surface area contributed by atoms with E-state index in [0.717, 1.165) is 0 Å². The van der Waals surface area contributed by atoms with Gasteiger partial charge in [0.25, 0.3) is 0 Å². The van der Waals surface area contributed by atoms with Gasteiger partial charge in [-0.2, -0.15) is 13.2 Å². The Morgan fingerprint density at radius 3 is 2.60 bits per heavy atom. The fraction of sp³-hybridized carbons (Fsp3) is 0.500. The number of hydrogen-bond acceptors (Lipinski definition) is 5. The molecule has 1 unspecified atom stereocenters. The average Bonchev–Trinajstić information content (AvgIpc) is 2.42. The molecule has 0 fully saturated rings. The summed E-state index contributed by atoms with van der Waals surface area (Å²) in [4.78, 5) is 0. The predicted molar refractivity (Wildman–Crippen MR) is 64.4 cm³/mol. The van der Waals surface area contributed by atoms with Gasteiger partial charge in [-0.3, -0.25) is 11.3 Å². The van der Waals surface area contributed by atoms with Crippen LogP contribution in [0.3, 0.4) is 0 Å². The highest BCUT2D eigenvalue weighted by atomic mass is 19.4. The van der Waals surface area contributed by atoms with Crippen molar-refractivity contribution in [3.8, 4) is 11.5 Å². The van der Waals surface area contributed by atoms with Gasteiger partial charge in [-0.1, -0.05) is 6.07 Å². The van der Waals surface area contributed by atoms with E-state index in [9.17, 15) is 13.2 Å². The van der Waals surface area contributed by atoms with Crippen molar-refractivity contribution in [2.45, 2.75) is 12.2 Å². The van der Waals surface area contributed by atoms with Crippen LogP contribution in [0.25, 0.3) is 0 Å². The average molecular weight is 292 g/mol. The summed E-state index contributed by atoms with van der Waals surface area (Å²) >= 11 is 0. The molecule has 0 radical (unpaired) electrons. The first-order valence-corrected chi connectivity index (χ1v) is 6.00. The molecule has 112 valence electrons. The highest BCUT2D eigenvalue weighted by Crippen LogP contribution is 2.32. The van der Waals surface area contributed by atoms with Gasteiger partial charge >= 0.3 is 6.18 Å². The molecule has 0 aromatic heterocycles. The van der Waals surface area contributed by atoms with Crippen molar-refractivity contribution in [2.75, 3.05) is 26.4 Å². The standard InChI is InChI=1S/C12H15F3N2O3/c13-12(14,15)7-18-6-9(17-16)8-1-2-10-11(5-8)20-4-3-19-10/h1-2,5,9,17H,3-4,6-7,16H2. The zero-order valence-corrected chi connectivity index (χ0v) is 10.6. The highest BCUT2D eigenvalue weighted by molar-refractivity contribution is 5.44. The Balaban J connectivity index is 2.00. The van der Waals surface area contributed by atoms with Gasteiger partial charge in [0.2, 0.25) is 0 Å². The van der Waals surface area contributed by atoms with E-state index in [1.807, 2.05) is 0 Å². The van der Waals surface area contributed by atoms with Crippen molar-refractivity contribution in [3.63, 3.8) is 0 Å². The molecule has 1 atom stereocenters. The summed E-state index contributed by atoms with van der Waals surface area (Å²) in [6, 6.07) is 4.51. The summed E-state index contributed by atoms with van der Waals surface area (Å²) < 4.78 is 51.4. The number of benzene rings is 1. The van der Waals surface area contributed by atoms with Gasteiger partial charge in [-0.25, -0.2) is 0 Å². The SMILES string of the molecule is NNC(COCC(F)(F)F)c1ccc2c(c1)OCCO2. The number of alkyl halides is 3. The van der Waals surface area contributed by atoms with Gasteiger partial charge in [0.05, 0.1) is 12.6 Å². The lowest BCUT2D eigenvalue weighted by Crippen LogP contribution is -2.32. The summed E-state index contributed by atoms with van der Waals surface area (Å²) in [5, 5.41) is 0. The van der Waals surface area contributed by atoms with Gasteiger partial charge in [-0.05, 0) is 17.7 Å². The van der Waals surface area contributed by atoms with Crippen molar-refractivity contribution >= 4 is 0 Å². The normalized spacial score (nSPS) is 16.0. The van der Waals surface area contributed by atoms with Gasteiger partial charge < -0.3 is 14.2 Å². The number of nitrogens with one attached hydrogen (secondary N) is 1. The van der Waals surface area contributed by atoms with Crippen molar-refractivity contribution in [1.82, 2.24) is 5.43 Å². The number of fused-ring (bicyclic) bond motifs is 1. The van der Waals surface area contributed by atoms with E-state index < -0.39 is 18.8 Å². The largest absolute Gasteiger partial charge is 0.486 e. The van der Waals surface area contributed by atoms with Crippen molar-refractivity contribution in [3.05, 3.63) is 23.8 Å². The third-order valence-electron chi connectivity index (χ3n) is 2.72. The van der Waals surface area contributed by atoms with Crippen molar-refractivity contribution in [1.29, 1.82) is 0 Å². The smallest absolute Gasteiger partial charge is 0.411 e. The Bertz CT molecular complexity index is 454. The number of rotatable bonds is 5. The van der Waals surface area contributed by atoms with Gasteiger partial charge in [0, 0.05) is 0 Å². The molecule has 0 aliphatic carbocycles. The number of hydrogen-bond donors (Lipinski definition) is 2. The summed E-state index contributed by atoms with van der Waals surface area (Å²) in [6.45, 7) is -0.604. The molecule has 3 N–H and O–H groups in total. The predicted octanol–water partition coefficient (Wildman–Crippen LogP) is 1.54. The number of hydrazine groups is 1. The van der Waals surface area contributed by atoms with Crippen LogP contribution in [0.1, 0.15) is 11.6 Å². The minimum absolute atomic E-state index is 0.199. The summed E-state index contributed by atoms with van der Waals surface area (Å²) in [5.41, 5.74) is 3.09. The van der Waals surface area contributed by atoms with Crippen LogP contribution in [-0.4, -0.2) is 32.6 Å². The molecule has 5 nitrogen and oxygen atoms in total. The minimum atomic E-state index is -4.36. The van der Waals surface area contributed by atoms with Crippen LogP contribution < -0.4 is 20.7 Å². The van der Waals surface area contributed by atoms with Crippen LogP contribution in [0.2, 0.25) is 0 Å². The molecule has 8 heteroatoms. The van der Waals surface area contributed by atoms with Crippen molar-refractivity contribution in [2.24, 2.45) is 5.84 Å². The molecular formula is C12H15F3N2O3. The Hall–Kier alpha value is -1.51. The molecule has 0 bridgehead atoms. The quantitative estimate of drug-likeness (QED) is 0.636. The third-order valence-corrected chi connectivity index (χ3v) is 2.72. The molecule has 1 aromatic carbocycles. The Labute approximate surface area is 113 Å². The number of halogens is 3. The van der Waals surface area contributed by atoms with Crippen LogP contribution in [0.4, 0.5) is 13.2 Å². The van der Waals surface area contributed by atoms with Gasteiger partial charge in [0.1, 0.15) is 19.8 Å². The third kappa shape index (κ3) is 3.99. The molecule has 0 saturated heterocycles. The van der Waals surface area contributed by atoms with E-state index in [1.54, 1.807) is 18.2 Å². The molecule has 1 aliphatic heterocycles. The second-order valence-electron chi connectivity index (χ2n) is 4.25. The Morgan fingerprint density at radius 2 is 1.95 bits per heavy atom. The zero-order valence-electron chi connectivity index (χ0n) is 10.6. The van der Waals surface area contributed by atoms with Crippen LogP contribution in [0, 0.1) is 0 Å². The van der Waals surface area contributed by atoms with E-state index in [-0.39, 0.29) is 6.61 Å². The highest BCUT2D eigenvalue weighted by Gasteiger charge is 2.28. The van der Waals surface area contributed by atoms with Crippen molar-refractivity contribution < 1.29 is 27.4 Å². The lowest BCUT2D eigenvalue weighted by molar-refractivity contribution is -0.175. The summed E-state index contributed by atoms with van der Waals surface area (Å²) in [7, 11) is 0. The number of nitrogens with two attached hydrogens (primary N) is 1. The molecule has 1 heterocycles. The lowest BCUT2D eigenvalue weighted by Gasteiger charge is -2.22. The monoisotopic (exact) mass is 292 g/mol. The molecule has 1 aliphatic rings. The van der Waals surface area contributed by atoms with E-state index in [0.29, 0.717) is 30.3 Å². The van der Waals surface area contributed by atoms with Crippen LogP contribution in [0.15, 0.2) is 18.2 Å². The first-order valence-electron chi connectivity index (χ1n) is 6.00. The molecule has 1 aromatic rings. The lowest BCUT2D eigenvalue weighted by atomic mass is 10.1. The summed E-state index contributed by atoms with van der Waals surface area (Å²) in [6.07, 6.45) is -4.36. The Morgan fingerprint density at radius 1 is 1.25 bits per heavy atom. The first-order chi connectivity index (χ1) is 9.49. The Kier molecular flexibility index (Phi) is 4.69. The molecule has 0 spiro atoms. The second-order valence-corrected chi connectivity index (χ2v) is 4.25. The maximum Gasteiger partial charge on any atom is 0.411 e. The topological polar surface area (TPSA) is 65.7 Å². The molecular weight excluding hydrogens is 277 g/mol. The second kappa shape index (κ2) is 6.29. The minimum Gasteiger partial charge on any atom is -0.486 e. The van der Waals surface area contributed by atoms with E-state index in [1.165, 1.54) is 0 Å². The fourth-order valence-electron chi connectivity index (χ4n) is 1.81.